The van der Waals surface area contributed by atoms with Gasteiger partial charge in [-0.2, -0.15) is 0 Å². The van der Waals surface area contributed by atoms with Gasteiger partial charge < -0.3 is 14.7 Å². The standard InChI is InChI=1S/C21H27FN6O2/c1-2-17-5-3-4-10-27(17)21-19(28(29)30)20(23-15-24-21)26-13-11-25(12-14-26)18-8-6-16(22)7-9-18/h6-9,15,17H,2-5,10-14H2,1H3. The molecule has 1 unspecified atom stereocenters. The van der Waals surface area contributed by atoms with E-state index in [-0.39, 0.29) is 22.5 Å². The van der Waals surface area contributed by atoms with Crippen molar-refractivity contribution in [3.8, 4) is 0 Å². The first-order valence-electron chi connectivity index (χ1n) is 10.6. The van der Waals surface area contributed by atoms with Gasteiger partial charge in [0.1, 0.15) is 12.1 Å². The van der Waals surface area contributed by atoms with Gasteiger partial charge in [0.2, 0.25) is 11.6 Å². The Balaban J connectivity index is 1.57. The summed E-state index contributed by atoms with van der Waals surface area (Å²) in [5, 5.41) is 12.1. The van der Waals surface area contributed by atoms with Crippen molar-refractivity contribution in [2.24, 2.45) is 0 Å². The highest BCUT2D eigenvalue weighted by Crippen LogP contribution is 2.38. The van der Waals surface area contributed by atoms with Crippen LogP contribution in [0.5, 0.6) is 0 Å². The van der Waals surface area contributed by atoms with E-state index in [1.54, 1.807) is 12.1 Å². The summed E-state index contributed by atoms with van der Waals surface area (Å²) in [6.45, 7) is 5.48. The number of nitro groups is 1. The Hall–Kier alpha value is -2.97. The summed E-state index contributed by atoms with van der Waals surface area (Å²) in [4.78, 5) is 26.6. The third kappa shape index (κ3) is 4.01. The summed E-state index contributed by atoms with van der Waals surface area (Å²) in [5.74, 6) is 0.575. The van der Waals surface area contributed by atoms with Crippen LogP contribution in [0, 0.1) is 15.9 Å². The highest BCUT2D eigenvalue weighted by molar-refractivity contribution is 5.72. The van der Waals surface area contributed by atoms with Crippen molar-refractivity contribution >= 4 is 23.0 Å². The number of rotatable bonds is 5. The molecule has 0 spiro atoms. The Labute approximate surface area is 175 Å². The van der Waals surface area contributed by atoms with Crippen LogP contribution in [0.4, 0.5) is 27.4 Å². The number of aromatic nitrogens is 2. The van der Waals surface area contributed by atoms with Crippen molar-refractivity contribution in [3.63, 3.8) is 0 Å². The lowest BCUT2D eigenvalue weighted by Crippen LogP contribution is -2.47. The van der Waals surface area contributed by atoms with E-state index in [0.717, 1.165) is 37.9 Å². The number of benzene rings is 1. The SMILES string of the molecule is CCC1CCCCN1c1ncnc(N2CCN(c3ccc(F)cc3)CC2)c1[N+](=O)[O-]. The molecular formula is C21H27FN6O2. The van der Waals surface area contributed by atoms with Crippen LogP contribution in [-0.2, 0) is 0 Å². The van der Waals surface area contributed by atoms with Gasteiger partial charge in [0, 0.05) is 44.5 Å². The molecule has 3 heterocycles. The lowest BCUT2D eigenvalue weighted by molar-refractivity contribution is -0.383. The zero-order valence-electron chi connectivity index (χ0n) is 17.2. The Kier molecular flexibility index (Phi) is 5.96. The maximum Gasteiger partial charge on any atom is 0.353 e. The van der Waals surface area contributed by atoms with E-state index in [1.165, 1.54) is 18.5 Å². The largest absolute Gasteiger partial charge is 0.368 e. The Bertz CT molecular complexity index is 886. The molecule has 9 heteroatoms. The van der Waals surface area contributed by atoms with Crippen LogP contribution in [0.3, 0.4) is 0 Å². The molecule has 1 atom stereocenters. The molecule has 0 bridgehead atoms. The quantitative estimate of drug-likeness (QED) is 0.546. The number of hydrogen-bond donors (Lipinski definition) is 0. The minimum Gasteiger partial charge on any atom is -0.368 e. The molecule has 4 rings (SSSR count). The van der Waals surface area contributed by atoms with Gasteiger partial charge in [-0.25, -0.2) is 14.4 Å². The van der Waals surface area contributed by atoms with Gasteiger partial charge in [-0.3, -0.25) is 10.1 Å². The zero-order valence-corrected chi connectivity index (χ0v) is 17.2. The second kappa shape index (κ2) is 8.81. The van der Waals surface area contributed by atoms with E-state index >= 15 is 0 Å². The van der Waals surface area contributed by atoms with Crippen molar-refractivity contribution in [3.05, 3.63) is 46.5 Å². The average molecular weight is 414 g/mol. The number of anilines is 3. The second-order valence-electron chi connectivity index (χ2n) is 7.83. The van der Waals surface area contributed by atoms with E-state index in [0.29, 0.717) is 37.8 Å². The molecule has 160 valence electrons. The molecule has 1 aromatic heterocycles. The summed E-state index contributed by atoms with van der Waals surface area (Å²) in [5.41, 5.74) is 0.959. The van der Waals surface area contributed by atoms with E-state index in [4.69, 9.17) is 0 Å². The van der Waals surface area contributed by atoms with Crippen LogP contribution < -0.4 is 14.7 Å². The van der Waals surface area contributed by atoms with Crippen molar-refractivity contribution in [2.45, 2.75) is 38.6 Å². The van der Waals surface area contributed by atoms with Gasteiger partial charge in [-0.1, -0.05) is 6.92 Å². The molecule has 2 aliphatic rings. The molecule has 0 saturated carbocycles. The van der Waals surface area contributed by atoms with Crippen molar-refractivity contribution in [2.75, 3.05) is 47.4 Å². The molecule has 1 aromatic carbocycles. The summed E-state index contributed by atoms with van der Waals surface area (Å²) in [7, 11) is 0. The van der Waals surface area contributed by atoms with Crippen LogP contribution >= 0.6 is 0 Å². The van der Waals surface area contributed by atoms with E-state index in [9.17, 15) is 14.5 Å². The normalized spacial score (nSPS) is 19.8. The number of nitrogens with zero attached hydrogens (tertiary/aromatic N) is 6. The zero-order chi connectivity index (χ0) is 21.1. The Morgan fingerprint density at radius 1 is 1.03 bits per heavy atom. The molecule has 0 N–H and O–H groups in total. The molecule has 2 saturated heterocycles. The monoisotopic (exact) mass is 414 g/mol. The molecule has 0 amide bonds. The van der Waals surface area contributed by atoms with Gasteiger partial charge in [-0.15, -0.1) is 0 Å². The molecule has 2 aliphatic heterocycles. The summed E-state index contributed by atoms with van der Waals surface area (Å²) in [6, 6.07) is 6.70. The summed E-state index contributed by atoms with van der Waals surface area (Å²) >= 11 is 0. The highest BCUT2D eigenvalue weighted by atomic mass is 19.1. The van der Waals surface area contributed by atoms with Crippen molar-refractivity contribution in [1.82, 2.24) is 9.97 Å². The van der Waals surface area contributed by atoms with Crippen LogP contribution in [0.15, 0.2) is 30.6 Å². The molecular weight excluding hydrogens is 387 g/mol. The maximum atomic E-state index is 13.2. The molecule has 2 aromatic rings. The fraction of sp³-hybridized carbons (Fsp3) is 0.524. The van der Waals surface area contributed by atoms with Crippen molar-refractivity contribution in [1.29, 1.82) is 0 Å². The van der Waals surface area contributed by atoms with E-state index in [2.05, 4.69) is 26.7 Å². The fourth-order valence-corrected chi connectivity index (χ4v) is 4.50. The molecule has 8 nitrogen and oxygen atoms in total. The molecule has 30 heavy (non-hydrogen) atoms. The summed E-state index contributed by atoms with van der Waals surface area (Å²) in [6.07, 6.45) is 5.58. The topological polar surface area (TPSA) is 78.6 Å². The third-order valence-electron chi connectivity index (χ3n) is 6.11. The smallest absolute Gasteiger partial charge is 0.353 e. The fourth-order valence-electron chi connectivity index (χ4n) is 4.50. The second-order valence-corrected chi connectivity index (χ2v) is 7.83. The minimum absolute atomic E-state index is 0.00748. The number of hydrogen-bond acceptors (Lipinski definition) is 7. The predicted molar refractivity (Wildman–Crippen MR) is 115 cm³/mol. The van der Waals surface area contributed by atoms with Crippen LogP contribution in [0.25, 0.3) is 0 Å². The third-order valence-corrected chi connectivity index (χ3v) is 6.11. The molecule has 2 fully saturated rings. The molecule has 0 radical (unpaired) electrons. The van der Waals surface area contributed by atoms with E-state index < -0.39 is 0 Å². The summed E-state index contributed by atoms with van der Waals surface area (Å²) < 4.78 is 13.2. The van der Waals surface area contributed by atoms with Gasteiger partial charge in [-0.05, 0) is 49.9 Å². The van der Waals surface area contributed by atoms with Gasteiger partial charge >= 0.3 is 5.69 Å². The van der Waals surface area contributed by atoms with Gasteiger partial charge in [0.05, 0.1) is 4.92 Å². The first-order chi connectivity index (χ1) is 14.6. The lowest BCUT2D eigenvalue weighted by atomic mass is 10.00. The van der Waals surface area contributed by atoms with Crippen LogP contribution in [0.1, 0.15) is 32.6 Å². The number of piperidine rings is 1. The maximum absolute atomic E-state index is 13.2. The van der Waals surface area contributed by atoms with Gasteiger partial charge in [0.15, 0.2) is 0 Å². The van der Waals surface area contributed by atoms with E-state index in [1.807, 2.05) is 4.90 Å². The average Bonchev–Trinajstić information content (AvgIpc) is 2.79. The Morgan fingerprint density at radius 2 is 1.70 bits per heavy atom. The van der Waals surface area contributed by atoms with Crippen molar-refractivity contribution < 1.29 is 9.31 Å². The Morgan fingerprint density at radius 3 is 2.37 bits per heavy atom. The van der Waals surface area contributed by atoms with Gasteiger partial charge in [0.25, 0.3) is 0 Å². The predicted octanol–water partition coefficient (Wildman–Crippen LogP) is 3.62. The number of piperazine rings is 1. The van der Waals surface area contributed by atoms with Crippen LogP contribution in [-0.4, -0.2) is 53.7 Å². The lowest BCUT2D eigenvalue weighted by Gasteiger charge is -2.38. The minimum atomic E-state index is -0.335. The molecule has 0 aliphatic carbocycles. The first-order valence-corrected chi connectivity index (χ1v) is 10.6. The van der Waals surface area contributed by atoms with Crippen LogP contribution in [0.2, 0.25) is 0 Å². The number of halogens is 1. The first kappa shape index (κ1) is 20.3. The highest BCUT2D eigenvalue weighted by Gasteiger charge is 2.34.